The number of rotatable bonds is 6. The Labute approximate surface area is 84.1 Å². The molecular weight excluding hydrogens is 182 g/mol. The van der Waals surface area contributed by atoms with Crippen LogP contribution in [-0.2, 0) is 6.54 Å². The van der Waals surface area contributed by atoms with Gasteiger partial charge in [-0.1, -0.05) is 0 Å². The summed E-state index contributed by atoms with van der Waals surface area (Å²) in [6.45, 7) is 3.04. The molecule has 1 atom stereocenters. The average molecular weight is 199 g/mol. The summed E-state index contributed by atoms with van der Waals surface area (Å²) in [5.74, 6) is 2.22. The minimum Gasteiger partial charge on any atom is -0.468 e. The lowest BCUT2D eigenvalue weighted by atomic mass is 10.2. The van der Waals surface area contributed by atoms with Gasteiger partial charge in [0.15, 0.2) is 0 Å². The van der Waals surface area contributed by atoms with Crippen molar-refractivity contribution in [3.05, 3.63) is 24.2 Å². The van der Waals surface area contributed by atoms with Gasteiger partial charge in [-0.2, -0.15) is 11.8 Å². The van der Waals surface area contributed by atoms with Crippen molar-refractivity contribution < 1.29 is 4.42 Å². The molecule has 0 aromatic carbocycles. The maximum atomic E-state index is 5.22. The van der Waals surface area contributed by atoms with Crippen LogP contribution in [-0.4, -0.2) is 18.1 Å². The van der Waals surface area contributed by atoms with Gasteiger partial charge in [-0.3, -0.25) is 0 Å². The van der Waals surface area contributed by atoms with Crippen LogP contribution >= 0.6 is 11.8 Å². The molecule has 0 saturated heterocycles. The Morgan fingerprint density at radius 1 is 1.62 bits per heavy atom. The summed E-state index contributed by atoms with van der Waals surface area (Å²) in [6, 6.07) is 4.48. The zero-order valence-corrected chi connectivity index (χ0v) is 9.06. The summed E-state index contributed by atoms with van der Waals surface area (Å²) < 4.78 is 5.22. The van der Waals surface area contributed by atoms with Gasteiger partial charge in [0.2, 0.25) is 0 Å². The third-order valence-corrected chi connectivity index (χ3v) is 2.60. The van der Waals surface area contributed by atoms with E-state index in [1.807, 2.05) is 23.9 Å². The van der Waals surface area contributed by atoms with Crippen LogP contribution in [0.15, 0.2) is 22.8 Å². The van der Waals surface area contributed by atoms with Crippen molar-refractivity contribution in [1.29, 1.82) is 0 Å². The summed E-state index contributed by atoms with van der Waals surface area (Å²) in [6.07, 6.45) is 5.06. The maximum absolute atomic E-state index is 5.22. The van der Waals surface area contributed by atoms with Gasteiger partial charge >= 0.3 is 0 Å². The molecule has 0 fully saturated rings. The maximum Gasteiger partial charge on any atom is 0.117 e. The number of hydrogen-bond donors (Lipinski definition) is 1. The third-order valence-electron chi connectivity index (χ3n) is 1.96. The van der Waals surface area contributed by atoms with Gasteiger partial charge in [-0.05, 0) is 37.5 Å². The molecule has 1 N–H and O–H groups in total. The van der Waals surface area contributed by atoms with Crippen LogP contribution in [0.3, 0.4) is 0 Å². The molecule has 0 aliphatic rings. The molecular formula is C10H17NOS. The lowest BCUT2D eigenvalue weighted by Crippen LogP contribution is -2.25. The Morgan fingerprint density at radius 3 is 3.08 bits per heavy atom. The van der Waals surface area contributed by atoms with E-state index >= 15 is 0 Å². The highest BCUT2D eigenvalue weighted by Gasteiger charge is 2.01. The van der Waals surface area contributed by atoms with Crippen molar-refractivity contribution in [3.63, 3.8) is 0 Å². The van der Waals surface area contributed by atoms with Crippen LogP contribution in [0.1, 0.15) is 19.1 Å². The van der Waals surface area contributed by atoms with Crippen LogP contribution in [0.4, 0.5) is 0 Å². The fourth-order valence-electron chi connectivity index (χ4n) is 1.08. The second-order valence-corrected chi connectivity index (χ2v) is 4.13. The minimum atomic E-state index is 0.567. The van der Waals surface area contributed by atoms with Gasteiger partial charge in [0, 0.05) is 6.04 Å². The van der Waals surface area contributed by atoms with E-state index in [4.69, 9.17) is 4.42 Å². The predicted molar refractivity (Wildman–Crippen MR) is 58.0 cm³/mol. The molecule has 74 valence electrons. The predicted octanol–water partition coefficient (Wildman–Crippen LogP) is 2.51. The van der Waals surface area contributed by atoms with Crippen LogP contribution in [0.25, 0.3) is 0 Å². The minimum absolute atomic E-state index is 0.567. The van der Waals surface area contributed by atoms with Crippen molar-refractivity contribution in [2.75, 3.05) is 12.0 Å². The molecule has 0 bridgehead atoms. The Morgan fingerprint density at radius 2 is 2.46 bits per heavy atom. The first-order chi connectivity index (χ1) is 6.33. The summed E-state index contributed by atoms with van der Waals surface area (Å²) in [4.78, 5) is 0. The van der Waals surface area contributed by atoms with Gasteiger partial charge in [0.1, 0.15) is 5.76 Å². The summed E-state index contributed by atoms with van der Waals surface area (Å²) in [5.41, 5.74) is 0. The summed E-state index contributed by atoms with van der Waals surface area (Å²) in [7, 11) is 0. The van der Waals surface area contributed by atoms with Crippen molar-refractivity contribution in [1.82, 2.24) is 5.32 Å². The zero-order chi connectivity index (χ0) is 9.52. The molecule has 13 heavy (non-hydrogen) atoms. The molecule has 1 unspecified atom stereocenters. The first-order valence-corrected chi connectivity index (χ1v) is 5.97. The number of nitrogens with one attached hydrogen (secondary N) is 1. The fraction of sp³-hybridized carbons (Fsp3) is 0.600. The van der Waals surface area contributed by atoms with Gasteiger partial charge < -0.3 is 9.73 Å². The Bertz CT molecular complexity index is 211. The van der Waals surface area contributed by atoms with Crippen LogP contribution in [0.5, 0.6) is 0 Å². The van der Waals surface area contributed by atoms with E-state index < -0.39 is 0 Å². The van der Waals surface area contributed by atoms with E-state index in [-0.39, 0.29) is 0 Å². The molecule has 0 radical (unpaired) electrons. The van der Waals surface area contributed by atoms with E-state index in [9.17, 15) is 0 Å². The highest BCUT2D eigenvalue weighted by Crippen LogP contribution is 2.03. The lowest BCUT2D eigenvalue weighted by Gasteiger charge is -2.11. The molecule has 0 spiro atoms. The van der Waals surface area contributed by atoms with Gasteiger partial charge in [0.25, 0.3) is 0 Å². The van der Waals surface area contributed by atoms with Crippen molar-refractivity contribution in [2.45, 2.75) is 25.9 Å². The quantitative estimate of drug-likeness (QED) is 0.762. The molecule has 0 amide bonds. The zero-order valence-electron chi connectivity index (χ0n) is 8.25. The van der Waals surface area contributed by atoms with E-state index in [1.54, 1.807) is 6.26 Å². The van der Waals surface area contributed by atoms with E-state index in [1.165, 1.54) is 12.2 Å². The summed E-state index contributed by atoms with van der Waals surface area (Å²) >= 11 is 1.89. The molecule has 1 rings (SSSR count). The second kappa shape index (κ2) is 6.11. The molecule has 0 aliphatic heterocycles. The second-order valence-electron chi connectivity index (χ2n) is 3.14. The number of hydrogen-bond acceptors (Lipinski definition) is 3. The summed E-state index contributed by atoms with van der Waals surface area (Å²) in [5, 5.41) is 3.41. The Kier molecular flexibility index (Phi) is 5.01. The van der Waals surface area contributed by atoms with E-state index in [2.05, 4.69) is 18.5 Å². The van der Waals surface area contributed by atoms with Gasteiger partial charge in [-0.25, -0.2) is 0 Å². The lowest BCUT2D eigenvalue weighted by molar-refractivity contribution is 0.451. The molecule has 0 saturated carbocycles. The molecule has 2 nitrogen and oxygen atoms in total. The average Bonchev–Trinajstić information content (AvgIpc) is 2.64. The first-order valence-electron chi connectivity index (χ1n) is 4.57. The van der Waals surface area contributed by atoms with Crippen LogP contribution in [0, 0.1) is 0 Å². The SMILES string of the molecule is CSCCC(C)NCc1ccco1. The Hall–Kier alpha value is -0.410. The molecule has 1 aromatic rings. The number of furan rings is 1. The molecule has 1 aromatic heterocycles. The van der Waals surface area contributed by atoms with Crippen LogP contribution < -0.4 is 5.32 Å². The van der Waals surface area contributed by atoms with Gasteiger partial charge in [-0.15, -0.1) is 0 Å². The van der Waals surface area contributed by atoms with Crippen LogP contribution in [0.2, 0.25) is 0 Å². The molecule has 1 heterocycles. The molecule has 0 aliphatic carbocycles. The topological polar surface area (TPSA) is 25.2 Å². The van der Waals surface area contributed by atoms with Crippen molar-refractivity contribution in [2.24, 2.45) is 0 Å². The van der Waals surface area contributed by atoms with E-state index in [0.717, 1.165) is 12.3 Å². The monoisotopic (exact) mass is 199 g/mol. The van der Waals surface area contributed by atoms with Crippen molar-refractivity contribution >= 4 is 11.8 Å². The Balaban J connectivity index is 2.11. The third kappa shape index (κ3) is 4.39. The number of thioether (sulfide) groups is 1. The van der Waals surface area contributed by atoms with E-state index in [0.29, 0.717) is 6.04 Å². The normalized spacial score (nSPS) is 13.1. The van der Waals surface area contributed by atoms with Gasteiger partial charge in [0.05, 0.1) is 12.8 Å². The molecule has 3 heteroatoms. The standard InChI is InChI=1S/C10H17NOS/c1-9(5-7-13-2)11-8-10-4-3-6-12-10/h3-4,6,9,11H,5,7-8H2,1-2H3. The van der Waals surface area contributed by atoms with Crippen molar-refractivity contribution in [3.8, 4) is 0 Å². The first kappa shape index (κ1) is 10.7. The highest BCUT2D eigenvalue weighted by molar-refractivity contribution is 7.98. The highest BCUT2D eigenvalue weighted by atomic mass is 32.2. The largest absolute Gasteiger partial charge is 0.468 e. The smallest absolute Gasteiger partial charge is 0.117 e. The fourth-order valence-corrected chi connectivity index (χ4v) is 1.67.